The average molecular weight is 493 g/mol. The molecule has 1 saturated carbocycles. The molecule has 4 aromatic rings. The maximum atomic E-state index is 15.0. The topological polar surface area (TPSA) is 69.0 Å². The molecule has 2 aliphatic rings. The molecule has 180 valence electrons. The molecule has 1 aliphatic carbocycles. The van der Waals surface area contributed by atoms with E-state index in [4.69, 9.17) is 31.3 Å². The van der Waals surface area contributed by atoms with Crippen LogP contribution in [0.5, 0.6) is 0 Å². The van der Waals surface area contributed by atoms with Crippen molar-refractivity contribution in [3.63, 3.8) is 0 Å². The molecule has 0 N–H and O–H groups in total. The van der Waals surface area contributed by atoms with E-state index in [1.54, 1.807) is 12.1 Å². The summed E-state index contributed by atoms with van der Waals surface area (Å²) in [6.07, 6.45) is 6.21. The number of anilines is 1. The van der Waals surface area contributed by atoms with Crippen LogP contribution in [0.2, 0.25) is 5.02 Å². The fourth-order valence-electron chi connectivity index (χ4n) is 4.63. The van der Waals surface area contributed by atoms with Crippen molar-refractivity contribution in [1.29, 1.82) is 0 Å². The molecule has 0 spiro atoms. The highest BCUT2D eigenvalue weighted by atomic mass is 35.5. The standard InChI is InChI=1S/C26H26ClFN6O/c1-14-11-33(13-23(35-14)17-10-29-34(12-17)19-5-6-19)24-9-22-26(31-16(3)15(2)30-22)25(32-24)20-7-4-18(27)8-21(20)28/h4,7-10,12,14,19,23H,5-6,11,13H2,1-3H3/t14-,23-/m1/s1. The summed E-state index contributed by atoms with van der Waals surface area (Å²) in [6.45, 7) is 7.15. The van der Waals surface area contributed by atoms with Gasteiger partial charge in [0.1, 0.15) is 28.9 Å². The Hall–Kier alpha value is -3.10. The van der Waals surface area contributed by atoms with E-state index in [-0.39, 0.29) is 12.2 Å². The zero-order valence-corrected chi connectivity index (χ0v) is 20.6. The Bertz CT molecular complexity index is 1440. The lowest BCUT2D eigenvalue weighted by Crippen LogP contribution is -2.43. The van der Waals surface area contributed by atoms with Gasteiger partial charge in [0.15, 0.2) is 0 Å². The van der Waals surface area contributed by atoms with Crippen molar-refractivity contribution in [3.05, 3.63) is 64.5 Å². The number of ether oxygens (including phenoxy) is 1. The van der Waals surface area contributed by atoms with Crippen LogP contribution in [-0.2, 0) is 4.74 Å². The minimum Gasteiger partial charge on any atom is -0.367 e. The number of nitrogens with zero attached hydrogens (tertiary/aromatic N) is 6. The first-order valence-electron chi connectivity index (χ1n) is 11.9. The van der Waals surface area contributed by atoms with Gasteiger partial charge >= 0.3 is 0 Å². The molecule has 0 amide bonds. The summed E-state index contributed by atoms with van der Waals surface area (Å²) in [5.74, 6) is 0.276. The van der Waals surface area contributed by atoms with Gasteiger partial charge < -0.3 is 9.64 Å². The largest absolute Gasteiger partial charge is 0.367 e. The second kappa shape index (κ2) is 8.53. The van der Waals surface area contributed by atoms with Gasteiger partial charge in [-0.15, -0.1) is 0 Å². The van der Waals surface area contributed by atoms with Crippen molar-refractivity contribution in [2.45, 2.75) is 51.9 Å². The summed E-state index contributed by atoms with van der Waals surface area (Å²) in [7, 11) is 0. The van der Waals surface area contributed by atoms with E-state index >= 15 is 4.39 Å². The van der Waals surface area contributed by atoms with Gasteiger partial charge in [-0.2, -0.15) is 5.10 Å². The van der Waals surface area contributed by atoms with Crippen LogP contribution in [0.15, 0.2) is 36.7 Å². The normalized spacial score (nSPS) is 20.5. The zero-order valence-electron chi connectivity index (χ0n) is 19.9. The van der Waals surface area contributed by atoms with E-state index in [1.807, 2.05) is 30.8 Å². The van der Waals surface area contributed by atoms with Gasteiger partial charge in [0.2, 0.25) is 0 Å². The minimum absolute atomic E-state index is 0.0166. The second-order valence-corrected chi connectivity index (χ2v) is 9.98. The number of hydrogen-bond donors (Lipinski definition) is 0. The first-order chi connectivity index (χ1) is 16.9. The van der Waals surface area contributed by atoms with Gasteiger partial charge in [-0.25, -0.2) is 19.3 Å². The maximum Gasteiger partial charge on any atom is 0.134 e. The van der Waals surface area contributed by atoms with Gasteiger partial charge in [-0.1, -0.05) is 11.6 Å². The Morgan fingerprint density at radius 1 is 1.06 bits per heavy atom. The molecule has 4 heterocycles. The number of hydrogen-bond acceptors (Lipinski definition) is 6. The van der Waals surface area contributed by atoms with Crippen LogP contribution in [-0.4, -0.2) is 43.9 Å². The van der Waals surface area contributed by atoms with Crippen LogP contribution < -0.4 is 4.90 Å². The third kappa shape index (κ3) is 4.25. The van der Waals surface area contributed by atoms with E-state index in [0.717, 1.165) is 17.0 Å². The molecule has 0 bridgehead atoms. The molecule has 7 nitrogen and oxygen atoms in total. The Morgan fingerprint density at radius 3 is 2.63 bits per heavy atom. The lowest BCUT2D eigenvalue weighted by Gasteiger charge is -2.37. The third-order valence-electron chi connectivity index (χ3n) is 6.74. The highest BCUT2D eigenvalue weighted by Crippen LogP contribution is 2.37. The summed E-state index contributed by atoms with van der Waals surface area (Å²) in [6, 6.07) is 7.08. The van der Waals surface area contributed by atoms with E-state index in [1.165, 1.54) is 18.9 Å². The number of halogens is 2. The van der Waals surface area contributed by atoms with E-state index in [2.05, 4.69) is 23.1 Å². The van der Waals surface area contributed by atoms with Crippen molar-refractivity contribution in [3.8, 4) is 11.3 Å². The number of pyridine rings is 1. The summed E-state index contributed by atoms with van der Waals surface area (Å²) < 4.78 is 23.3. The van der Waals surface area contributed by atoms with Crippen LogP contribution in [0.4, 0.5) is 10.2 Å². The van der Waals surface area contributed by atoms with Crippen molar-refractivity contribution in [2.75, 3.05) is 18.0 Å². The van der Waals surface area contributed by atoms with E-state index in [9.17, 15) is 0 Å². The molecule has 6 rings (SSSR count). The molecule has 2 atom stereocenters. The van der Waals surface area contributed by atoms with E-state index < -0.39 is 5.82 Å². The number of morpholine rings is 1. The number of fused-ring (bicyclic) bond motifs is 1. The Balaban J connectivity index is 1.43. The number of benzene rings is 1. The van der Waals surface area contributed by atoms with Crippen LogP contribution in [0, 0.1) is 19.7 Å². The molecule has 1 aromatic carbocycles. The molecular formula is C26H26ClFN6O. The highest BCUT2D eigenvalue weighted by molar-refractivity contribution is 6.30. The quantitative estimate of drug-likeness (QED) is 0.369. The molecule has 1 saturated heterocycles. The van der Waals surface area contributed by atoms with Gasteiger partial charge in [0.05, 0.1) is 41.8 Å². The van der Waals surface area contributed by atoms with Crippen LogP contribution in [0.25, 0.3) is 22.3 Å². The molecule has 0 unspecified atom stereocenters. The highest BCUT2D eigenvalue weighted by Gasteiger charge is 2.31. The smallest absolute Gasteiger partial charge is 0.134 e. The molecule has 3 aromatic heterocycles. The van der Waals surface area contributed by atoms with Crippen molar-refractivity contribution in [1.82, 2.24) is 24.7 Å². The minimum atomic E-state index is -0.441. The van der Waals surface area contributed by atoms with Crippen LogP contribution in [0.3, 0.4) is 0 Å². The predicted octanol–water partition coefficient (Wildman–Crippen LogP) is 5.60. The van der Waals surface area contributed by atoms with Gasteiger partial charge in [-0.05, 0) is 51.8 Å². The molecule has 0 radical (unpaired) electrons. The summed E-state index contributed by atoms with van der Waals surface area (Å²) in [5.41, 5.74) is 4.74. The van der Waals surface area contributed by atoms with Crippen molar-refractivity contribution < 1.29 is 9.13 Å². The maximum absolute atomic E-state index is 15.0. The Labute approximate surface area is 207 Å². The Kier molecular flexibility index (Phi) is 5.45. The van der Waals surface area contributed by atoms with Gasteiger partial charge in [-0.3, -0.25) is 4.68 Å². The number of aryl methyl sites for hydroxylation is 2. The number of rotatable bonds is 4. The second-order valence-electron chi connectivity index (χ2n) is 9.54. The van der Waals surface area contributed by atoms with Crippen LogP contribution in [0.1, 0.15) is 48.9 Å². The zero-order chi connectivity index (χ0) is 24.3. The Morgan fingerprint density at radius 2 is 1.86 bits per heavy atom. The van der Waals surface area contributed by atoms with Crippen molar-refractivity contribution >= 4 is 28.5 Å². The summed E-state index contributed by atoms with van der Waals surface area (Å²) in [4.78, 5) is 16.6. The van der Waals surface area contributed by atoms with E-state index in [0.29, 0.717) is 52.3 Å². The predicted molar refractivity (Wildman–Crippen MR) is 133 cm³/mol. The molecular weight excluding hydrogens is 467 g/mol. The molecule has 9 heteroatoms. The lowest BCUT2D eigenvalue weighted by atomic mass is 10.1. The molecule has 2 fully saturated rings. The monoisotopic (exact) mass is 492 g/mol. The number of aromatic nitrogens is 5. The summed E-state index contributed by atoms with van der Waals surface area (Å²) in [5, 5.41) is 4.87. The summed E-state index contributed by atoms with van der Waals surface area (Å²) >= 11 is 6.02. The van der Waals surface area contributed by atoms with Gasteiger partial charge in [0, 0.05) is 35.0 Å². The molecule has 35 heavy (non-hydrogen) atoms. The first kappa shape index (κ1) is 22.4. The van der Waals surface area contributed by atoms with Crippen molar-refractivity contribution in [2.24, 2.45) is 0 Å². The average Bonchev–Trinajstić information content (AvgIpc) is 3.55. The third-order valence-corrected chi connectivity index (χ3v) is 6.97. The van der Waals surface area contributed by atoms with Gasteiger partial charge in [0.25, 0.3) is 0 Å². The fraction of sp³-hybridized carbons (Fsp3) is 0.385. The molecule has 1 aliphatic heterocycles. The SMILES string of the molecule is Cc1nc2cc(N3C[C@@H](C)O[C@@H](c4cnn(C5CC5)c4)C3)nc(-c3ccc(Cl)cc3F)c2nc1C. The van der Waals surface area contributed by atoms with Crippen LogP contribution >= 0.6 is 11.6 Å². The first-order valence-corrected chi connectivity index (χ1v) is 12.3. The lowest BCUT2D eigenvalue weighted by molar-refractivity contribution is -0.0176. The fourth-order valence-corrected chi connectivity index (χ4v) is 4.79.